The zero-order valence-corrected chi connectivity index (χ0v) is 16.9. The van der Waals surface area contributed by atoms with E-state index in [9.17, 15) is 9.59 Å². The molecular weight excluding hydrogens is 366 g/mol. The van der Waals surface area contributed by atoms with Crippen molar-refractivity contribution >= 4 is 11.8 Å². The van der Waals surface area contributed by atoms with Crippen LogP contribution in [-0.2, 0) is 11.3 Å². The number of hydrogen-bond acceptors (Lipinski definition) is 4. The van der Waals surface area contributed by atoms with Crippen molar-refractivity contribution in [2.45, 2.75) is 19.4 Å². The van der Waals surface area contributed by atoms with E-state index < -0.39 is 0 Å². The van der Waals surface area contributed by atoms with Gasteiger partial charge >= 0.3 is 0 Å². The minimum absolute atomic E-state index is 0.0249. The van der Waals surface area contributed by atoms with Crippen molar-refractivity contribution in [1.82, 2.24) is 15.5 Å². The molecule has 1 heterocycles. The Morgan fingerprint density at radius 3 is 2.52 bits per heavy atom. The maximum Gasteiger partial charge on any atom is 0.251 e. The maximum absolute atomic E-state index is 12.2. The van der Waals surface area contributed by atoms with Crippen molar-refractivity contribution in [1.29, 1.82) is 0 Å². The predicted molar refractivity (Wildman–Crippen MR) is 113 cm³/mol. The molecule has 1 fully saturated rings. The van der Waals surface area contributed by atoms with Crippen molar-refractivity contribution in [3.63, 3.8) is 0 Å². The zero-order valence-electron chi connectivity index (χ0n) is 16.9. The molecule has 0 aromatic heterocycles. The van der Waals surface area contributed by atoms with Crippen molar-refractivity contribution < 1.29 is 14.3 Å². The van der Waals surface area contributed by atoms with Crippen LogP contribution in [0.2, 0.25) is 0 Å². The van der Waals surface area contributed by atoms with Crippen LogP contribution in [0.1, 0.15) is 28.8 Å². The summed E-state index contributed by atoms with van der Waals surface area (Å²) >= 11 is 0. The third-order valence-corrected chi connectivity index (χ3v) is 5.29. The Labute approximate surface area is 172 Å². The number of ether oxygens (including phenoxy) is 1. The van der Waals surface area contributed by atoms with E-state index in [0.29, 0.717) is 23.8 Å². The van der Waals surface area contributed by atoms with Crippen molar-refractivity contribution in [3.05, 3.63) is 65.7 Å². The highest BCUT2D eigenvalue weighted by Crippen LogP contribution is 2.18. The van der Waals surface area contributed by atoms with Crippen LogP contribution in [0.3, 0.4) is 0 Å². The van der Waals surface area contributed by atoms with Crippen molar-refractivity contribution in [2.24, 2.45) is 5.92 Å². The second-order valence-corrected chi connectivity index (χ2v) is 7.42. The fourth-order valence-corrected chi connectivity index (χ4v) is 3.54. The molecule has 1 aliphatic heterocycles. The fourth-order valence-electron chi connectivity index (χ4n) is 3.54. The van der Waals surface area contributed by atoms with Crippen LogP contribution in [0, 0.1) is 5.92 Å². The zero-order chi connectivity index (χ0) is 20.5. The number of benzene rings is 2. The lowest BCUT2D eigenvalue weighted by atomic mass is 9.96. The van der Waals surface area contributed by atoms with Crippen molar-refractivity contribution in [2.75, 3.05) is 33.3 Å². The van der Waals surface area contributed by atoms with Crippen LogP contribution >= 0.6 is 0 Å². The Hall–Kier alpha value is -2.86. The molecule has 0 aliphatic carbocycles. The van der Waals surface area contributed by atoms with Gasteiger partial charge in [0.2, 0.25) is 5.91 Å². The van der Waals surface area contributed by atoms with Crippen LogP contribution in [0.5, 0.6) is 5.75 Å². The van der Waals surface area contributed by atoms with Crippen LogP contribution < -0.4 is 15.4 Å². The first kappa shape index (κ1) is 20.9. The van der Waals surface area contributed by atoms with E-state index in [-0.39, 0.29) is 18.4 Å². The standard InChI is InChI=1S/C23H29N3O3/c1-29-21-9-5-8-20(14-21)23(28)25-16-22(27)24-15-18-10-12-26(13-11-18)17-19-6-3-2-4-7-19/h2-9,14,18H,10-13,15-17H2,1H3,(H,24,27)(H,25,28). The second kappa shape index (κ2) is 10.6. The van der Waals surface area contributed by atoms with E-state index in [4.69, 9.17) is 4.74 Å². The van der Waals surface area contributed by atoms with Gasteiger partial charge in [-0.15, -0.1) is 0 Å². The molecule has 0 bridgehead atoms. The van der Waals surface area contributed by atoms with Gasteiger partial charge < -0.3 is 15.4 Å². The van der Waals surface area contributed by atoms with E-state index in [1.807, 2.05) is 6.07 Å². The summed E-state index contributed by atoms with van der Waals surface area (Å²) in [6.07, 6.45) is 2.15. The first-order valence-electron chi connectivity index (χ1n) is 10.1. The van der Waals surface area contributed by atoms with Gasteiger partial charge in [0.1, 0.15) is 5.75 Å². The highest BCUT2D eigenvalue weighted by atomic mass is 16.5. The first-order valence-corrected chi connectivity index (χ1v) is 10.1. The minimum Gasteiger partial charge on any atom is -0.497 e. The van der Waals surface area contributed by atoms with E-state index >= 15 is 0 Å². The van der Waals surface area contributed by atoms with Gasteiger partial charge in [-0.2, -0.15) is 0 Å². The summed E-state index contributed by atoms with van der Waals surface area (Å²) in [6, 6.07) is 17.4. The predicted octanol–water partition coefficient (Wildman–Crippen LogP) is 2.45. The third-order valence-electron chi connectivity index (χ3n) is 5.29. The highest BCUT2D eigenvalue weighted by Gasteiger charge is 2.20. The highest BCUT2D eigenvalue weighted by molar-refractivity contribution is 5.96. The van der Waals surface area contributed by atoms with Gasteiger partial charge in [-0.1, -0.05) is 36.4 Å². The largest absolute Gasteiger partial charge is 0.497 e. The second-order valence-electron chi connectivity index (χ2n) is 7.42. The molecule has 0 saturated carbocycles. The van der Waals surface area contributed by atoms with Crippen LogP contribution in [0.4, 0.5) is 0 Å². The molecule has 6 nitrogen and oxygen atoms in total. The SMILES string of the molecule is COc1cccc(C(=O)NCC(=O)NCC2CCN(Cc3ccccc3)CC2)c1. The lowest BCUT2D eigenvalue weighted by Gasteiger charge is -2.32. The molecular formula is C23H29N3O3. The lowest BCUT2D eigenvalue weighted by Crippen LogP contribution is -2.41. The van der Waals surface area contributed by atoms with E-state index in [2.05, 4.69) is 39.8 Å². The van der Waals surface area contributed by atoms with Gasteiger partial charge in [-0.3, -0.25) is 14.5 Å². The molecule has 2 aromatic rings. The number of nitrogens with one attached hydrogen (secondary N) is 2. The summed E-state index contributed by atoms with van der Waals surface area (Å²) in [5, 5.41) is 5.61. The van der Waals surface area contributed by atoms with Crippen molar-refractivity contribution in [3.8, 4) is 5.75 Å². The summed E-state index contributed by atoms with van der Waals surface area (Å²) in [5.74, 6) is 0.655. The molecule has 154 valence electrons. The van der Waals surface area contributed by atoms with E-state index in [0.717, 1.165) is 32.5 Å². The normalized spacial score (nSPS) is 14.9. The molecule has 3 rings (SSSR count). The first-order chi connectivity index (χ1) is 14.1. The Kier molecular flexibility index (Phi) is 7.64. The average molecular weight is 396 g/mol. The number of carbonyl (C=O) groups is 2. The Bertz CT molecular complexity index is 802. The summed E-state index contributed by atoms with van der Waals surface area (Å²) in [7, 11) is 1.55. The molecule has 1 saturated heterocycles. The van der Waals surface area contributed by atoms with Gasteiger partial charge in [0.05, 0.1) is 13.7 Å². The van der Waals surface area contributed by atoms with Gasteiger partial charge in [0.15, 0.2) is 0 Å². The molecule has 2 N–H and O–H groups in total. The topological polar surface area (TPSA) is 70.7 Å². The van der Waals surface area contributed by atoms with E-state index in [1.165, 1.54) is 5.56 Å². The molecule has 0 unspecified atom stereocenters. The van der Waals surface area contributed by atoms with E-state index in [1.54, 1.807) is 31.4 Å². The van der Waals surface area contributed by atoms with Gasteiger partial charge in [-0.25, -0.2) is 0 Å². The summed E-state index contributed by atoms with van der Waals surface area (Å²) in [6.45, 7) is 3.70. The number of amides is 2. The molecule has 1 aliphatic rings. The number of rotatable bonds is 8. The maximum atomic E-state index is 12.2. The number of hydrogen-bond donors (Lipinski definition) is 2. The molecule has 2 amide bonds. The molecule has 0 radical (unpaired) electrons. The third kappa shape index (κ3) is 6.61. The summed E-state index contributed by atoms with van der Waals surface area (Å²) in [5.41, 5.74) is 1.81. The summed E-state index contributed by atoms with van der Waals surface area (Å²) < 4.78 is 5.11. The molecule has 0 atom stereocenters. The molecule has 29 heavy (non-hydrogen) atoms. The summed E-state index contributed by atoms with van der Waals surface area (Å²) in [4.78, 5) is 26.7. The molecule has 2 aromatic carbocycles. The van der Waals surface area contributed by atoms with Gasteiger partial charge in [0.25, 0.3) is 5.91 Å². The van der Waals surface area contributed by atoms with Gasteiger partial charge in [-0.05, 0) is 55.6 Å². The monoisotopic (exact) mass is 395 g/mol. The fraction of sp³-hybridized carbons (Fsp3) is 0.391. The lowest BCUT2D eigenvalue weighted by molar-refractivity contribution is -0.120. The quantitative estimate of drug-likeness (QED) is 0.720. The molecule has 0 spiro atoms. The number of piperidine rings is 1. The van der Waals surface area contributed by atoms with Crippen LogP contribution in [0.25, 0.3) is 0 Å². The number of nitrogens with zero attached hydrogens (tertiary/aromatic N) is 1. The Morgan fingerprint density at radius 1 is 1.03 bits per heavy atom. The smallest absolute Gasteiger partial charge is 0.251 e. The van der Waals surface area contributed by atoms with Crippen LogP contribution in [-0.4, -0.2) is 50.0 Å². The minimum atomic E-state index is -0.284. The van der Waals surface area contributed by atoms with Gasteiger partial charge in [0, 0.05) is 18.7 Å². The number of likely N-dealkylation sites (tertiary alicyclic amines) is 1. The van der Waals surface area contributed by atoms with Crippen LogP contribution in [0.15, 0.2) is 54.6 Å². The Balaban J connectivity index is 1.33. The number of carbonyl (C=O) groups excluding carboxylic acids is 2. The average Bonchev–Trinajstić information content (AvgIpc) is 2.77. The number of methoxy groups -OCH3 is 1. The molecule has 6 heteroatoms. The Morgan fingerprint density at radius 2 is 1.79 bits per heavy atom.